The van der Waals surface area contributed by atoms with Crippen LogP contribution >= 0.6 is 11.3 Å². The molecule has 0 unspecified atom stereocenters. The van der Waals surface area contributed by atoms with Crippen LogP contribution in [0.2, 0.25) is 0 Å². The van der Waals surface area contributed by atoms with Gasteiger partial charge >= 0.3 is 5.97 Å². The highest BCUT2D eigenvalue weighted by Gasteiger charge is 2.21. The second kappa shape index (κ2) is 8.95. The van der Waals surface area contributed by atoms with Crippen LogP contribution in [0, 0.1) is 13.8 Å². The van der Waals surface area contributed by atoms with Crippen molar-refractivity contribution in [3.05, 3.63) is 26.6 Å². The van der Waals surface area contributed by atoms with Crippen LogP contribution in [0.4, 0.5) is 0 Å². The first-order valence-electron chi connectivity index (χ1n) is 9.46. The quantitative estimate of drug-likeness (QED) is 0.506. The van der Waals surface area contributed by atoms with Gasteiger partial charge < -0.3 is 9.47 Å². The van der Waals surface area contributed by atoms with Gasteiger partial charge in [-0.05, 0) is 52.3 Å². The molecule has 0 atom stereocenters. The molecule has 1 aliphatic rings. The van der Waals surface area contributed by atoms with E-state index in [0.717, 1.165) is 41.2 Å². The topological polar surface area (TPSA) is 73.7 Å². The molecule has 1 saturated heterocycles. The Bertz CT molecular complexity index is 868. The zero-order valence-corrected chi connectivity index (χ0v) is 17.1. The molecule has 27 heavy (non-hydrogen) atoms. The number of rotatable bonds is 8. The van der Waals surface area contributed by atoms with Gasteiger partial charge in [-0.1, -0.05) is 0 Å². The Morgan fingerprint density at radius 3 is 2.67 bits per heavy atom. The molecule has 0 bridgehead atoms. The lowest BCUT2D eigenvalue weighted by atomic mass is 10.2. The van der Waals surface area contributed by atoms with E-state index in [-0.39, 0.29) is 18.7 Å². The minimum Gasteiger partial charge on any atom is -0.462 e. The SMILES string of the molecule is CCOCCOC(=O)Cn1c(CN2CCCC2)nc2sc(C)c(C)c2c1=O. The lowest BCUT2D eigenvalue weighted by Crippen LogP contribution is -2.32. The van der Waals surface area contributed by atoms with Crippen LogP contribution in [0.3, 0.4) is 0 Å². The Labute approximate surface area is 162 Å². The lowest BCUT2D eigenvalue weighted by molar-refractivity contribution is -0.146. The van der Waals surface area contributed by atoms with Crippen molar-refractivity contribution in [2.24, 2.45) is 0 Å². The number of likely N-dealkylation sites (tertiary alicyclic amines) is 1. The third-order valence-electron chi connectivity index (χ3n) is 4.91. The second-order valence-corrected chi connectivity index (χ2v) is 7.99. The average molecular weight is 394 g/mol. The van der Waals surface area contributed by atoms with E-state index in [9.17, 15) is 9.59 Å². The molecule has 0 saturated carbocycles. The first kappa shape index (κ1) is 20.0. The van der Waals surface area contributed by atoms with Gasteiger partial charge in [0.2, 0.25) is 0 Å². The van der Waals surface area contributed by atoms with Crippen molar-refractivity contribution in [1.82, 2.24) is 14.5 Å². The molecule has 1 fully saturated rings. The maximum atomic E-state index is 13.1. The zero-order chi connectivity index (χ0) is 19.4. The van der Waals surface area contributed by atoms with Crippen molar-refractivity contribution < 1.29 is 14.3 Å². The summed E-state index contributed by atoms with van der Waals surface area (Å²) in [6.45, 7) is 9.39. The van der Waals surface area contributed by atoms with Gasteiger partial charge in [-0.3, -0.25) is 19.1 Å². The van der Waals surface area contributed by atoms with E-state index in [4.69, 9.17) is 14.5 Å². The van der Waals surface area contributed by atoms with E-state index in [2.05, 4.69) is 4.90 Å². The molecule has 0 radical (unpaired) electrons. The summed E-state index contributed by atoms with van der Waals surface area (Å²) in [5, 5.41) is 0.616. The standard InChI is InChI=1S/C19H27N3O4S/c1-4-25-9-10-26-16(23)12-22-15(11-21-7-5-6-8-21)20-18-17(19(22)24)13(2)14(3)27-18/h4-12H2,1-3H3. The Hall–Kier alpha value is -1.77. The highest BCUT2D eigenvalue weighted by molar-refractivity contribution is 7.18. The van der Waals surface area contributed by atoms with E-state index in [1.807, 2.05) is 20.8 Å². The van der Waals surface area contributed by atoms with E-state index >= 15 is 0 Å². The van der Waals surface area contributed by atoms with Gasteiger partial charge in [0.05, 0.1) is 18.5 Å². The van der Waals surface area contributed by atoms with Gasteiger partial charge in [0, 0.05) is 11.5 Å². The van der Waals surface area contributed by atoms with E-state index < -0.39 is 5.97 Å². The number of aromatic nitrogens is 2. The number of hydrogen-bond acceptors (Lipinski definition) is 7. The van der Waals surface area contributed by atoms with Gasteiger partial charge in [0.15, 0.2) is 0 Å². The predicted molar refractivity (Wildman–Crippen MR) is 105 cm³/mol. The van der Waals surface area contributed by atoms with Gasteiger partial charge in [-0.2, -0.15) is 0 Å². The summed E-state index contributed by atoms with van der Waals surface area (Å²) in [7, 11) is 0. The Balaban J connectivity index is 1.89. The zero-order valence-electron chi connectivity index (χ0n) is 16.2. The van der Waals surface area contributed by atoms with Gasteiger partial charge in [-0.15, -0.1) is 11.3 Å². The minimum atomic E-state index is -0.440. The van der Waals surface area contributed by atoms with Crippen molar-refractivity contribution in [3.8, 4) is 0 Å². The molecule has 1 aliphatic heterocycles. The lowest BCUT2D eigenvalue weighted by Gasteiger charge is -2.18. The molecule has 2 aromatic rings. The number of thiophene rings is 1. The van der Waals surface area contributed by atoms with Crippen molar-refractivity contribution in [1.29, 1.82) is 0 Å². The first-order chi connectivity index (χ1) is 13.0. The minimum absolute atomic E-state index is 0.120. The largest absolute Gasteiger partial charge is 0.462 e. The maximum Gasteiger partial charge on any atom is 0.326 e. The summed E-state index contributed by atoms with van der Waals surface area (Å²) < 4.78 is 11.9. The average Bonchev–Trinajstić information content (AvgIpc) is 3.24. The van der Waals surface area contributed by atoms with Crippen LogP contribution in [0.25, 0.3) is 10.2 Å². The molecule has 0 N–H and O–H groups in total. The molecule has 3 heterocycles. The van der Waals surface area contributed by atoms with Crippen molar-refractivity contribution in [2.75, 3.05) is 32.9 Å². The van der Waals surface area contributed by atoms with Crippen LogP contribution in [-0.2, 0) is 27.4 Å². The molecule has 7 nitrogen and oxygen atoms in total. The summed E-state index contributed by atoms with van der Waals surface area (Å²) in [5.74, 6) is 0.197. The van der Waals surface area contributed by atoms with Crippen molar-refractivity contribution >= 4 is 27.5 Å². The summed E-state index contributed by atoms with van der Waals surface area (Å²) >= 11 is 1.54. The van der Waals surface area contributed by atoms with Gasteiger partial charge in [0.1, 0.15) is 23.8 Å². The number of fused-ring (bicyclic) bond motifs is 1. The Morgan fingerprint density at radius 1 is 1.22 bits per heavy atom. The Morgan fingerprint density at radius 2 is 1.96 bits per heavy atom. The Kier molecular flexibility index (Phi) is 6.62. The van der Waals surface area contributed by atoms with Crippen LogP contribution in [0.15, 0.2) is 4.79 Å². The molecule has 0 spiro atoms. The van der Waals surface area contributed by atoms with Gasteiger partial charge in [0.25, 0.3) is 5.56 Å². The highest BCUT2D eigenvalue weighted by Crippen LogP contribution is 2.26. The van der Waals surface area contributed by atoms with Gasteiger partial charge in [-0.25, -0.2) is 4.98 Å². The monoisotopic (exact) mass is 393 g/mol. The summed E-state index contributed by atoms with van der Waals surface area (Å²) in [6, 6.07) is 0. The fraction of sp³-hybridized carbons (Fsp3) is 0.632. The molecule has 0 aliphatic carbocycles. The van der Waals surface area contributed by atoms with E-state index in [0.29, 0.717) is 31.0 Å². The fourth-order valence-electron chi connectivity index (χ4n) is 3.33. The number of carbonyl (C=O) groups excluding carboxylic acids is 1. The number of nitrogens with zero attached hydrogens (tertiary/aromatic N) is 3. The van der Waals surface area contributed by atoms with Crippen LogP contribution < -0.4 is 5.56 Å². The van der Waals surface area contributed by atoms with Crippen LogP contribution in [-0.4, -0.2) is 53.3 Å². The molecule has 0 aromatic carbocycles. The number of hydrogen-bond donors (Lipinski definition) is 0. The summed E-state index contributed by atoms with van der Waals surface area (Å²) in [6.07, 6.45) is 2.31. The molecule has 148 valence electrons. The van der Waals surface area contributed by atoms with Crippen molar-refractivity contribution in [3.63, 3.8) is 0 Å². The molecular weight excluding hydrogens is 366 g/mol. The number of ether oxygens (including phenoxy) is 2. The number of aryl methyl sites for hydroxylation is 2. The maximum absolute atomic E-state index is 13.1. The fourth-order valence-corrected chi connectivity index (χ4v) is 4.37. The molecule has 8 heteroatoms. The molecular formula is C19H27N3O4S. The third-order valence-corrected chi connectivity index (χ3v) is 6.01. The normalized spacial score (nSPS) is 14.9. The molecule has 0 amide bonds. The van der Waals surface area contributed by atoms with Crippen LogP contribution in [0.5, 0.6) is 0 Å². The molecule has 2 aromatic heterocycles. The molecule has 3 rings (SSSR count). The smallest absolute Gasteiger partial charge is 0.326 e. The summed E-state index contributed by atoms with van der Waals surface area (Å²) in [5.41, 5.74) is 0.788. The third kappa shape index (κ3) is 4.56. The first-order valence-corrected chi connectivity index (χ1v) is 10.3. The summed E-state index contributed by atoms with van der Waals surface area (Å²) in [4.78, 5) is 34.3. The predicted octanol–water partition coefficient (Wildman–Crippen LogP) is 2.25. The number of carbonyl (C=O) groups is 1. The van der Waals surface area contributed by atoms with E-state index in [1.165, 1.54) is 15.9 Å². The van der Waals surface area contributed by atoms with E-state index in [1.54, 1.807) is 0 Å². The van der Waals surface area contributed by atoms with Crippen LogP contribution in [0.1, 0.15) is 36.0 Å². The second-order valence-electron chi connectivity index (χ2n) is 6.78. The highest BCUT2D eigenvalue weighted by atomic mass is 32.1. The van der Waals surface area contributed by atoms with Crippen molar-refractivity contribution in [2.45, 2.75) is 46.7 Å². The number of esters is 1.